The summed E-state index contributed by atoms with van der Waals surface area (Å²) in [7, 11) is -3.68. The third-order valence-electron chi connectivity index (χ3n) is 4.84. The van der Waals surface area contributed by atoms with Crippen LogP contribution in [0.25, 0.3) is 10.8 Å². The standard InChI is InChI=1S/C24H21NO2S/c1-18-11-15-23(16-12-18)28(26,27)25-24(20-8-3-2-4-9-20)22-14-13-19-7-5-6-10-21(19)17-22/h2-17,24-25H,1H3. The number of benzene rings is 4. The third-order valence-corrected chi connectivity index (χ3v) is 6.28. The molecule has 1 N–H and O–H groups in total. The van der Waals surface area contributed by atoms with Crippen LogP contribution in [-0.2, 0) is 10.0 Å². The van der Waals surface area contributed by atoms with Gasteiger partial charge in [-0.3, -0.25) is 0 Å². The van der Waals surface area contributed by atoms with Gasteiger partial charge < -0.3 is 0 Å². The Balaban J connectivity index is 1.78. The van der Waals surface area contributed by atoms with Gasteiger partial charge in [0.15, 0.2) is 0 Å². The van der Waals surface area contributed by atoms with Crippen molar-refractivity contribution in [1.29, 1.82) is 0 Å². The average Bonchev–Trinajstić information content (AvgIpc) is 2.73. The lowest BCUT2D eigenvalue weighted by Gasteiger charge is -2.20. The number of sulfonamides is 1. The summed E-state index contributed by atoms with van der Waals surface area (Å²) in [5.41, 5.74) is 2.82. The van der Waals surface area contributed by atoms with E-state index in [2.05, 4.69) is 4.72 Å². The van der Waals surface area contributed by atoms with Crippen molar-refractivity contribution in [2.45, 2.75) is 17.9 Å². The zero-order valence-electron chi connectivity index (χ0n) is 15.5. The maximum atomic E-state index is 13.1. The third kappa shape index (κ3) is 3.84. The molecule has 0 amide bonds. The Bertz CT molecular complexity index is 1200. The number of fused-ring (bicyclic) bond motifs is 1. The number of hydrogen-bond acceptors (Lipinski definition) is 2. The van der Waals surface area contributed by atoms with E-state index in [1.807, 2.05) is 91.9 Å². The quantitative estimate of drug-likeness (QED) is 0.510. The predicted octanol–water partition coefficient (Wildman–Crippen LogP) is 5.22. The molecule has 0 spiro atoms. The molecule has 140 valence electrons. The van der Waals surface area contributed by atoms with Crippen molar-refractivity contribution < 1.29 is 8.42 Å². The minimum Gasteiger partial charge on any atom is -0.207 e. The van der Waals surface area contributed by atoms with Crippen LogP contribution in [0, 0.1) is 6.92 Å². The van der Waals surface area contributed by atoms with Gasteiger partial charge in [-0.15, -0.1) is 0 Å². The normalized spacial score (nSPS) is 12.8. The fourth-order valence-electron chi connectivity index (χ4n) is 3.30. The maximum Gasteiger partial charge on any atom is 0.241 e. The van der Waals surface area contributed by atoms with E-state index in [1.54, 1.807) is 12.1 Å². The lowest BCUT2D eigenvalue weighted by molar-refractivity contribution is 0.572. The second-order valence-corrected chi connectivity index (χ2v) is 8.60. The summed E-state index contributed by atoms with van der Waals surface area (Å²) < 4.78 is 29.0. The summed E-state index contributed by atoms with van der Waals surface area (Å²) in [5, 5.41) is 2.20. The Morgan fingerprint density at radius 1 is 0.679 bits per heavy atom. The molecular formula is C24H21NO2S. The molecule has 1 atom stereocenters. The first-order valence-corrected chi connectivity index (χ1v) is 10.6. The van der Waals surface area contributed by atoms with E-state index < -0.39 is 16.1 Å². The summed E-state index contributed by atoms with van der Waals surface area (Å²) in [4.78, 5) is 0.264. The monoisotopic (exact) mass is 387 g/mol. The van der Waals surface area contributed by atoms with Crippen LogP contribution in [0.3, 0.4) is 0 Å². The van der Waals surface area contributed by atoms with Gasteiger partial charge in [-0.1, -0.05) is 84.4 Å². The van der Waals surface area contributed by atoms with Gasteiger partial charge in [0, 0.05) is 0 Å². The Kier molecular flexibility index (Phi) is 4.99. The molecule has 0 aliphatic heterocycles. The van der Waals surface area contributed by atoms with Crippen molar-refractivity contribution in [2.24, 2.45) is 0 Å². The number of aryl methyl sites for hydroxylation is 1. The molecule has 3 nitrogen and oxygen atoms in total. The van der Waals surface area contributed by atoms with Gasteiger partial charge in [0.2, 0.25) is 10.0 Å². The molecule has 1 unspecified atom stereocenters. The minimum absolute atomic E-state index is 0.264. The van der Waals surface area contributed by atoms with Gasteiger partial charge in [0.05, 0.1) is 10.9 Å². The first kappa shape index (κ1) is 18.4. The second kappa shape index (κ2) is 7.58. The highest BCUT2D eigenvalue weighted by molar-refractivity contribution is 7.89. The highest BCUT2D eigenvalue weighted by Gasteiger charge is 2.23. The molecule has 0 radical (unpaired) electrons. The number of hydrogen-bond donors (Lipinski definition) is 1. The van der Waals surface area contributed by atoms with Crippen molar-refractivity contribution in [1.82, 2.24) is 4.72 Å². The van der Waals surface area contributed by atoms with E-state index in [4.69, 9.17) is 0 Å². The summed E-state index contributed by atoms with van der Waals surface area (Å²) in [6.07, 6.45) is 0. The predicted molar refractivity (Wildman–Crippen MR) is 114 cm³/mol. The van der Waals surface area contributed by atoms with Gasteiger partial charge in [-0.2, -0.15) is 4.72 Å². The second-order valence-electron chi connectivity index (χ2n) is 6.88. The van der Waals surface area contributed by atoms with Crippen LogP contribution in [0.1, 0.15) is 22.7 Å². The zero-order valence-corrected chi connectivity index (χ0v) is 16.4. The molecule has 28 heavy (non-hydrogen) atoms. The van der Waals surface area contributed by atoms with Crippen molar-refractivity contribution in [3.8, 4) is 0 Å². The van der Waals surface area contributed by atoms with Crippen molar-refractivity contribution in [3.63, 3.8) is 0 Å². The van der Waals surface area contributed by atoms with Crippen LogP contribution >= 0.6 is 0 Å². The van der Waals surface area contributed by atoms with Gasteiger partial charge in [-0.25, -0.2) is 8.42 Å². The van der Waals surface area contributed by atoms with E-state index >= 15 is 0 Å². The first-order chi connectivity index (χ1) is 13.5. The molecule has 0 bridgehead atoms. The van der Waals surface area contributed by atoms with E-state index in [1.165, 1.54) is 0 Å². The molecule has 0 aliphatic carbocycles. The van der Waals surface area contributed by atoms with Crippen molar-refractivity contribution >= 4 is 20.8 Å². The fourth-order valence-corrected chi connectivity index (χ4v) is 4.51. The van der Waals surface area contributed by atoms with Crippen LogP contribution < -0.4 is 4.72 Å². The maximum absolute atomic E-state index is 13.1. The average molecular weight is 388 g/mol. The van der Waals surface area contributed by atoms with Crippen LogP contribution in [0.4, 0.5) is 0 Å². The Labute approximate surface area is 165 Å². The molecular weight excluding hydrogens is 366 g/mol. The zero-order chi connectivity index (χ0) is 19.6. The smallest absolute Gasteiger partial charge is 0.207 e. The van der Waals surface area contributed by atoms with E-state index in [9.17, 15) is 8.42 Å². The molecule has 0 aromatic heterocycles. The number of nitrogens with one attached hydrogen (secondary N) is 1. The molecule has 0 heterocycles. The molecule has 4 heteroatoms. The molecule has 4 aromatic carbocycles. The first-order valence-electron chi connectivity index (χ1n) is 9.16. The SMILES string of the molecule is Cc1ccc(S(=O)(=O)NC(c2ccccc2)c2ccc3ccccc3c2)cc1. The van der Waals surface area contributed by atoms with Crippen molar-refractivity contribution in [3.05, 3.63) is 114 Å². The molecule has 4 aromatic rings. The lowest BCUT2D eigenvalue weighted by Crippen LogP contribution is -2.29. The van der Waals surface area contributed by atoms with Gasteiger partial charge in [0.1, 0.15) is 0 Å². The van der Waals surface area contributed by atoms with Crippen LogP contribution in [0.15, 0.2) is 102 Å². The highest BCUT2D eigenvalue weighted by Crippen LogP contribution is 2.27. The van der Waals surface area contributed by atoms with Crippen LogP contribution in [-0.4, -0.2) is 8.42 Å². The highest BCUT2D eigenvalue weighted by atomic mass is 32.2. The summed E-state index contributed by atoms with van der Waals surface area (Å²) in [5.74, 6) is 0. The molecule has 0 fully saturated rings. The van der Waals surface area contributed by atoms with Gasteiger partial charge >= 0.3 is 0 Å². The minimum atomic E-state index is -3.68. The van der Waals surface area contributed by atoms with E-state index in [0.717, 1.165) is 27.5 Å². The summed E-state index contributed by atoms with van der Waals surface area (Å²) in [6.45, 7) is 1.94. The van der Waals surface area contributed by atoms with E-state index in [0.29, 0.717) is 0 Å². The van der Waals surface area contributed by atoms with E-state index in [-0.39, 0.29) is 4.90 Å². The Morgan fingerprint density at radius 2 is 1.32 bits per heavy atom. The molecule has 0 aliphatic rings. The van der Waals surface area contributed by atoms with Crippen LogP contribution in [0.2, 0.25) is 0 Å². The topological polar surface area (TPSA) is 46.2 Å². The molecule has 4 rings (SSSR count). The lowest BCUT2D eigenvalue weighted by atomic mass is 9.97. The largest absolute Gasteiger partial charge is 0.241 e. The Hall–Kier alpha value is -2.95. The Morgan fingerprint density at radius 3 is 2.04 bits per heavy atom. The van der Waals surface area contributed by atoms with Gasteiger partial charge in [-0.05, 0) is 47.0 Å². The fraction of sp³-hybridized carbons (Fsp3) is 0.0833. The number of rotatable bonds is 5. The molecule has 0 saturated carbocycles. The summed E-state index contributed by atoms with van der Waals surface area (Å²) in [6, 6.07) is 30.2. The summed E-state index contributed by atoms with van der Waals surface area (Å²) >= 11 is 0. The van der Waals surface area contributed by atoms with Crippen molar-refractivity contribution in [2.75, 3.05) is 0 Å². The van der Waals surface area contributed by atoms with Crippen LogP contribution in [0.5, 0.6) is 0 Å². The van der Waals surface area contributed by atoms with Gasteiger partial charge in [0.25, 0.3) is 0 Å². The molecule has 0 saturated heterocycles.